The first kappa shape index (κ1) is 27.2. The van der Waals surface area contributed by atoms with Crippen molar-refractivity contribution in [2.45, 2.75) is 60.8 Å². The molecule has 1 amide bonds. The molecule has 5 nitrogen and oxygen atoms in total. The summed E-state index contributed by atoms with van der Waals surface area (Å²) < 4.78 is 12.1. The van der Waals surface area contributed by atoms with Gasteiger partial charge in [0.05, 0.1) is 12.7 Å². The van der Waals surface area contributed by atoms with E-state index in [1.54, 1.807) is 25.3 Å². The molecule has 3 aromatic carbocycles. The van der Waals surface area contributed by atoms with Crippen LogP contribution in [-0.4, -0.2) is 13.0 Å². The van der Waals surface area contributed by atoms with Gasteiger partial charge < -0.3 is 14.5 Å². The lowest BCUT2D eigenvalue weighted by molar-refractivity contribution is 0.102. The summed E-state index contributed by atoms with van der Waals surface area (Å²) in [6.07, 6.45) is 0.794. The smallest absolute Gasteiger partial charge is 0.255 e. The van der Waals surface area contributed by atoms with E-state index in [2.05, 4.69) is 39.9 Å². The van der Waals surface area contributed by atoms with Crippen molar-refractivity contribution in [1.29, 1.82) is 0 Å². The number of para-hydroxylation sites is 1. The third-order valence-electron chi connectivity index (χ3n) is 7.21. The zero-order valence-corrected chi connectivity index (χ0v) is 23.6. The number of methoxy groups -OCH3 is 1. The van der Waals surface area contributed by atoms with Crippen molar-refractivity contribution >= 4 is 22.6 Å². The van der Waals surface area contributed by atoms with E-state index < -0.39 is 0 Å². The molecule has 0 aliphatic heterocycles. The average Bonchev–Trinajstić information content (AvgIpc) is 2.87. The van der Waals surface area contributed by atoms with E-state index >= 15 is 0 Å². The van der Waals surface area contributed by atoms with Crippen LogP contribution in [0.1, 0.15) is 72.0 Å². The highest BCUT2D eigenvalue weighted by Crippen LogP contribution is 2.37. The fraction of sp³-hybridized carbons (Fsp3) is 0.333. The van der Waals surface area contributed by atoms with Crippen LogP contribution >= 0.6 is 0 Å². The normalized spacial score (nSPS) is 11.4. The summed E-state index contributed by atoms with van der Waals surface area (Å²) in [4.78, 5) is 27.3. The van der Waals surface area contributed by atoms with Crippen molar-refractivity contribution in [2.24, 2.45) is 5.92 Å². The number of fused-ring (bicyclic) bond motifs is 1. The molecular formula is C33H37NO4. The number of rotatable bonds is 7. The largest absolute Gasteiger partial charge is 0.496 e. The molecule has 1 heterocycles. The number of carbonyl (C=O) groups excluding carboxylic acids is 1. The Morgan fingerprint density at radius 2 is 1.68 bits per heavy atom. The third kappa shape index (κ3) is 4.98. The fourth-order valence-corrected chi connectivity index (χ4v) is 5.18. The van der Waals surface area contributed by atoms with Crippen LogP contribution in [0.5, 0.6) is 5.75 Å². The summed E-state index contributed by atoms with van der Waals surface area (Å²) in [6.45, 7) is 14.3. The molecule has 0 aliphatic carbocycles. The molecule has 0 bridgehead atoms. The maximum atomic E-state index is 14.1. The van der Waals surface area contributed by atoms with Crippen LogP contribution in [0.2, 0.25) is 0 Å². The zero-order valence-electron chi connectivity index (χ0n) is 23.6. The Morgan fingerprint density at radius 1 is 0.974 bits per heavy atom. The summed E-state index contributed by atoms with van der Waals surface area (Å²) in [5, 5.41) is 3.49. The lowest BCUT2D eigenvalue weighted by Gasteiger charge is -2.19. The number of ether oxygens (including phenoxy) is 1. The highest BCUT2D eigenvalue weighted by Gasteiger charge is 2.24. The molecular weight excluding hydrogens is 474 g/mol. The molecule has 0 saturated carbocycles. The summed E-state index contributed by atoms with van der Waals surface area (Å²) >= 11 is 0. The predicted molar refractivity (Wildman–Crippen MR) is 156 cm³/mol. The Kier molecular flexibility index (Phi) is 7.77. The summed E-state index contributed by atoms with van der Waals surface area (Å²) in [5.74, 6) is 1.49. The van der Waals surface area contributed by atoms with Crippen LogP contribution in [0.3, 0.4) is 0 Å². The first-order valence-electron chi connectivity index (χ1n) is 13.2. The van der Waals surface area contributed by atoms with E-state index in [9.17, 15) is 9.59 Å². The summed E-state index contributed by atoms with van der Waals surface area (Å²) in [5.41, 5.74) is 6.88. The Bertz CT molecular complexity index is 1580. The van der Waals surface area contributed by atoms with Crippen molar-refractivity contribution in [3.63, 3.8) is 0 Å². The minimum Gasteiger partial charge on any atom is -0.496 e. The van der Waals surface area contributed by atoms with Gasteiger partial charge >= 0.3 is 0 Å². The number of benzene rings is 3. The van der Waals surface area contributed by atoms with Crippen LogP contribution in [0.15, 0.2) is 57.7 Å². The van der Waals surface area contributed by atoms with E-state index in [0.717, 1.165) is 34.4 Å². The van der Waals surface area contributed by atoms with Gasteiger partial charge in [-0.2, -0.15) is 0 Å². The van der Waals surface area contributed by atoms with Crippen molar-refractivity contribution in [3.8, 4) is 16.9 Å². The summed E-state index contributed by atoms with van der Waals surface area (Å²) in [7, 11) is 1.59. The molecule has 0 fully saturated rings. The Balaban J connectivity index is 1.86. The number of anilines is 1. The second-order valence-electron chi connectivity index (χ2n) is 10.7. The Morgan fingerprint density at radius 3 is 2.34 bits per heavy atom. The second kappa shape index (κ2) is 10.9. The molecule has 0 atom stereocenters. The van der Waals surface area contributed by atoms with Crippen molar-refractivity contribution < 1.29 is 13.9 Å². The van der Waals surface area contributed by atoms with E-state index in [1.165, 1.54) is 0 Å². The van der Waals surface area contributed by atoms with Gasteiger partial charge in [0, 0.05) is 11.3 Å². The highest BCUT2D eigenvalue weighted by atomic mass is 16.5. The Labute approximate surface area is 224 Å². The van der Waals surface area contributed by atoms with Crippen molar-refractivity contribution in [2.75, 3.05) is 12.4 Å². The van der Waals surface area contributed by atoms with Crippen LogP contribution in [-0.2, 0) is 6.42 Å². The van der Waals surface area contributed by atoms with Crippen molar-refractivity contribution in [1.82, 2.24) is 0 Å². The molecule has 0 unspecified atom stereocenters. The van der Waals surface area contributed by atoms with Gasteiger partial charge in [0.2, 0.25) is 5.43 Å². The quantitative estimate of drug-likeness (QED) is 0.273. The van der Waals surface area contributed by atoms with E-state index in [0.29, 0.717) is 45.1 Å². The maximum Gasteiger partial charge on any atom is 0.255 e. The number of amides is 1. The predicted octanol–water partition coefficient (Wildman–Crippen LogP) is 7.97. The van der Waals surface area contributed by atoms with Gasteiger partial charge in [0.1, 0.15) is 22.5 Å². The number of hydrogen-bond donors (Lipinski definition) is 1. The third-order valence-corrected chi connectivity index (χ3v) is 7.21. The first-order valence-corrected chi connectivity index (χ1v) is 13.2. The second-order valence-corrected chi connectivity index (χ2v) is 10.7. The lowest BCUT2D eigenvalue weighted by atomic mass is 9.91. The number of nitrogens with one attached hydrogen (secondary N) is 1. The Hall–Kier alpha value is -3.86. The zero-order chi connectivity index (χ0) is 27.7. The van der Waals surface area contributed by atoms with Gasteiger partial charge in [-0.05, 0) is 85.0 Å². The van der Waals surface area contributed by atoms with Crippen LogP contribution in [0, 0.1) is 26.7 Å². The van der Waals surface area contributed by atoms with Crippen LogP contribution < -0.4 is 15.5 Å². The molecule has 198 valence electrons. The molecule has 1 N–H and O–H groups in total. The number of carbonyl (C=O) groups is 1. The molecule has 0 aliphatic rings. The van der Waals surface area contributed by atoms with Gasteiger partial charge in [-0.15, -0.1) is 0 Å². The number of hydrogen-bond acceptors (Lipinski definition) is 4. The fourth-order valence-electron chi connectivity index (χ4n) is 5.18. The molecule has 0 spiro atoms. The minimum absolute atomic E-state index is 0.156. The highest BCUT2D eigenvalue weighted by molar-refractivity contribution is 6.05. The molecule has 0 radical (unpaired) electrons. The van der Waals surface area contributed by atoms with Gasteiger partial charge in [0.15, 0.2) is 0 Å². The van der Waals surface area contributed by atoms with Gasteiger partial charge in [-0.25, -0.2) is 0 Å². The summed E-state index contributed by atoms with van der Waals surface area (Å²) in [6, 6.07) is 14.9. The lowest BCUT2D eigenvalue weighted by Crippen LogP contribution is -2.15. The molecule has 4 aromatic rings. The molecule has 1 aromatic heterocycles. The maximum absolute atomic E-state index is 14.1. The van der Waals surface area contributed by atoms with Crippen LogP contribution in [0.4, 0.5) is 5.69 Å². The van der Waals surface area contributed by atoms with E-state index in [4.69, 9.17) is 9.15 Å². The first-order chi connectivity index (χ1) is 18.0. The molecule has 4 rings (SSSR count). The molecule has 38 heavy (non-hydrogen) atoms. The minimum atomic E-state index is -0.231. The number of aryl methyl sites for hydroxylation is 1. The monoisotopic (exact) mass is 511 g/mol. The van der Waals surface area contributed by atoms with E-state index in [-0.39, 0.29) is 17.3 Å². The standard InChI is InChI=1S/C33H37NO4/c1-18(2)16-26-20(5)21(6)31(37-8)29-30(35)28(22(7)38-32(26)29)23-12-11-13-24(17-23)33(36)34-27-15-10-9-14-25(27)19(3)4/h9-15,17-19H,16H2,1-8H3,(H,34,36). The molecule has 0 saturated heterocycles. The average molecular weight is 512 g/mol. The van der Waals surface area contributed by atoms with Gasteiger partial charge in [0.25, 0.3) is 5.91 Å². The SMILES string of the molecule is COc1c(C)c(C)c(CC(C)C)c2oc(C)c(-c3cccc(C(=O)Nc4ccccc4C(C)C)c3)c(=O)c12. The van der Waals surface area contributed by atoms with Crippen LogP contribution in [0.25, 0.3) is 22.1 Å². The van der Waals surface area contributed by atoms with Crippen molar-refractivity contribution in [3.05, 3.63) is 92.3 Å². The van der Waals surface area contributed by atoms with E-state index in [1.807, 2.05) is 44.2 Å². The topological polar surface area (TPSA) is 68.5 Å². The van der Waals surface area contributed by atoms with Gasteiger partial charge in [-0.1, -0.05) is 58.0 Å². The van der Waals surface area contributed by atoms with Gasteiger partial charge in [-0.3, -0.25) is 9.59 Å². The molecule has 5 heteroatoms.